The lowest BCUT2D eigenvalue weighted by Crippen LogP contribution is -2.38. The molecule has 0 spiro atoms. The molecule has 0 unspecified atom stereocenters. The number of pyridine rings is 1. The Morgan fingerprint density at radius 2 is 1.92 bits per heavy atom. The van der Waals surface area contributed by atoms with E-state index in [1.165, 1.54) is 32.4 Å². The molecule has 0 bridgehead atoms. The van der Waals surface area contributed by atoms with E-state index in [0.29, 0.717) is 0 Å². The first kappa shape index (κ1) is 16.9. The number of aromatic amines is 1. The minimum Gasteiger partial charge on any atom is -0.452 e. The van der Waals surface area contributed by atoms with Crippen LogP contribution in [0.2, 0.25) is 0 Å². The summed E-state index contributed by atoms with van der Waals surface area (Å²) in [6.07, 6.45) is 1.35. The van der Waals surface area contributed by atoms with Crippen LogP contribution in [0, 0.1) is 0 Å². The standard InChI is InChI=1S/C14H14N4O6/c1-17-9(6-11(20)18(2)14(17)23)16-10(19)7-24-13(22)8-4-3-5-15-12(8)21/h3-6H,7H2,1-2H3,(H,15,21)(H,16,19). The number of ether oxygens (including phenoxy) is 1. The maximum absolute atomic E-state index is 11.8. The van der Waals surface area contributed by atoms with Crippen LogP contribution >= 0.6 is 0 Å². The molecule has 0 aliphatic heterocycles. The predicted octanol–water partition coefficient (Wildman–Crippen LogP) is -1.43. The third-order valence-corrected chi connectivity index (χ3v) is 3.17. The van der Waals surface area contributed by atoms with Gasteiger partial charge in [0.2, 0.25) is 0 Å². The van der Waals surface area contributed by atoms with Crippen molar-refractivity contribution in [2.24, 2.45) is 14.1 Å². The maximum atomic E-state index is 11.8. The van der Waals surface area contributed by atoms with Crippen LogP contribution in [0.15, 0.2) is 38.8 Å². The van der Waals surface area contributed by atoms with Crippen molar-refractivity contribution < 1.29 is 14.3 Å². The fourth-order valence-corrected chi connectivity index (χ4v) is 1.82. The second kappa shape index (κ2) is 6.77. The van der Waals surface area contributed by atoms with Crippen LogP contribution < -0.4 is 22.1 Å². The summed E-state index contributed by atoms with van der Waals surface area (Å²) in [6.45, 7) is -0.684. The molecule has 0 aliphatic rings. The number of rotatable bonds is 4. The monoisotopic (exact) mass is 334 g/mol. The van der Waals surface area contributed by atoms with Crippen molar-refractivity contribution in [2.75, 3.05) is 11.9 Å². The number of aromatic nitrogens is 3. The van der Waals surface area contributed by atoms with E-state index >= 15 is 0 Å². The van der Waals surface area contributed by atoms with Gasteiger partial charge in [-0.25, -0.2) is 9.59 Å². The van der Waals surface area contributed by atoms with Crippen molar-refractivity contribution in [1.29, 1.82) is 0 Å². The summed E-state index contributed by atoms with van der Waals surface area (Å²) in [4.78, 5) is 60.5. The van der Waals surface area contributed by atoms with Gasteiger partial charge in [0.1, 0.15) is 11.4 Å². The van der Waals surface area contributed by atoms with Gasteiger partial charge in [0.25, 0.3) is 17.0 Å². The van der Waals surface area contributed by atoms with Gasteiger partial charge in [-0.3, -0.25) is 23.5 Å². The lowest BCUT2D eigenvalue weighted by atomic mass is 10.3. The molecule has 2 aromatic rings. The molecule has 0 saturated carbocycles. The fraction of sp³-hybridized carbons (Fsp3) is 0.214. The molecule has 0 atom stereocenters. The Balaban J connectivity index is 2.06. The number of nitrogens with zero attached hydrogens (tertiary/aromatic N) is 2. The van der Waals surface area contributed by atoms with E-state index in [1.54, 1.807) is 0 Å². The van der Waals surface area contributed by atoms with Gasteiger partial charge in [-0.05, 0) is 12.1 Å². The number of H-pyrrole nitrogens is 1. The van der Waals surface area contributed by atoms with Gasteiger partial charge < -0.3 is 15.0 Å². The zero-order valence-electron chi connectivity index (χ0n) is 12.9. The van der Waals surface area contributed by atoms with Gasteiger partial charge in [0, 0.05) is 26.4 Å². The lowest BCUT2D eigenvalue weighted by Gasteiger charge is -2.10. The van der Waals surface area contributed by atoms with Gasteiger partial charge in [-0.15, -0.1) is 0 Å². The number of anilines is 1. The van der Waals surface area contributed by atoms with E-state index in [4.69, 9.17) is 4.74 Å². The van der Waals surface area contributed by atoms with Crippen LogP contribution in [0.5, 0.6) is 0 Å². The van der Waals surface area contributed by atoms with Crippen molar-refractivity contribution in [3.05, 3.63) is 61.2 Å². The Morgan fingerprint density at radius 1 is 1.21 bits per heavy atom. The number of esters is 1. The second-order valence-electron chi connectivity index (χ2n) is 4.81. The van der Waals surface area contributed by atoms with Gasteiger partial charge in [-0.2, -0.15) is 0 Å². The fourth-order valence-electron chi connectivity index (χ4n) is 1.82. The van der Waals surface area contributed by atoms with Gasteiger partial charge >= 0.3 is 11.7 Å². The lowest BCUT2D eigenvalue weighted by molar-refractivity contribution is -0.119. The van der Waals surface area contributed by atoms with Crippen LogP contribution in [0.25, 0.3) is 0 Å². The SMILES string of the molecule is Cn1c(NC(=O)COC(=O)c2ccc[nH]c2=O)cc(=O)n(C)c1=O. The second-order valence-corrected chi connectivity index (χ2v) is 4.81. The van der Waals surface area contributed by atoms with Crippen LogP contribution in [0.1, 0.15) is 10.4 Å². The van der Waals surface area contributed by atoms with Crippen LogP contribution in [-0.2, 0) is 23.6 Å². The Kier molecular flexibility index (Phi) is 4.78. The van der Waals surface area contributed by atoms with E-state index in [2.05, 4.69) is 10.3 Å². The number of hydrogen-bond donors (Lipinski definition) is 2. The summed E-state index contributed by atoms with van der Waals surface area (Å²) in [6, 6.07) is 3.75. The molecule has 10 heteroatoms. The maximum Gasteiger partial charge on any atom is 0.344 e. The molecule has 2 aromatic heterocycles. The zero-order chi connectivity index (χ0) is 17.9. The van der Waals surface area contributed by atoms with Crippen LogP contribution in [0.3, 0.4) is 0 Å². The topological polar surface area (TPSA) is 132 Å². The molecule has 2 heterocycles. The third-order valence-electron chi connectivity index (χ3n) is 3.17. The molecule has 0 saturated heterocycles. The Bertz CT molecular complexity index is 968. The van der Waals surface area contributed by atoms with E-state index in [0.717, 1.165) is 15.2 Å². The van der Waals surface area contributed by atoms with E-state index in [-0.39, 0.29) is 11.4 Å². The van der Waals surface area contributed by atoms with Crippen molar-refractivity contribution in [3.8, 4) is 0 Å². The van der Waals surface area contributed by atoms with Crippen molar-refractivity contribution in [2.45, 2.75) is 0 Å². The van der Waals surface area contributed by atoms with Crippen molar-refractivity contribution in [1.82, 2.24) is 14.1 Å². The van der Waals surface area contributed by atoms with E-state index < -0.39 is 35.3 Å². The number of carbonyl (C=O) groups is 2. The predicted molar refractivity (Wildman–Crippen MR) is 82.9 cm³/mol. The minimum absolute atomic E-state index is 0.0401. The summed E-state index contributed by atoms with van der Waals surface area (Å²) < 4.78 is 6.66. The molecule has 2 N–H and O–H groups in total. The summed E-state index contributed by atoms with van der Waals surface area (Å²) in [5, 5.41) is 2.29. The zero-order valence-corrected chi connectivity index (χ0v) is 12.9. The quantitative estimate of drug-likeness (QED) is 0.659. The summed E-state index contributed by atoms with van der Waals surface area (Å²) in [5.41, 5.74) is -2.10. The summed E-state index contributed by atoms with van der Waals surface area (Å²) in [7, 11) is 2.67. The highest BCUT2D eigenvalue weighted by atomic mass is 16.5. The molecular formula is C14H14N4O6. The Morgan fingerprint density at radius 3 is 2.58 bits per heavy atom. The first-order valence-electron chi connectivity index (χ1n) is 6.73. The molecule has 0 aliphatic carbocycles. The van der Waals surface area contributed by atoms with E-state index in [9.17, 15) is 24.0 Å². The Hall–Kier alpha value is -3.43. The highest BCUT2D eigenvalue weighted by Crippen LogP contribution is 1.99. The van der Waals surface area contributed by atoms with Crippen LogP contribution in [-0.4, -0.2) is 32.6 Å². The molecule has 1 amide bonds. The number of amides is 1. The van der Waals surface area contributed by atoms with Gasteiger partial charge in [0.15, 0.2) is 6.61 Å². The average molecular weight is 334 g/mol. The van der Waals surface area contributed by atoms with Crippen LogP contribution in [0.4, 0.5) is 5.82 Å². The average Bonchev–Trinajstić information content (AvgIpc) is 2.56. The van der Waals surface area contributed by atoms with Gasteiger partial charge in [-0.1, -0.05) is 0 Å². The first-order valence-corrected chi connectivity index (χ1v) is 6.73. The third kappa shape index (κ3) is 3.48. The number of hydrogen-bond acceptors (Lipinski definition) is 6. The Labute approximate surface area is 134 Å². The normalized spacial score (nSPS) is 10.2. The molecule has 10 nitrogen and oxygen atoms in total. The highest BCUT2D eigenvalue weighted by Gasteiger charge is 2.14. The molecule has 24 heavy (non-hydrogen) atoms. The highest BCUT2D eigenvalue weighted by molar-refractivity contribution is 5.94. The molecule has 126 valence electrons. The molecule has 0 fully saturated rings. The first-order chi connectivity index (χ1) is 11.3. The van der Waals surface area contributed by atoms with Crippen molar-refractivity contribution in [3.63, 3.8) is 0 Å². The molecular weight excluding hydrogens is 320 g/mol. The largest absolute Gasteiger partial charge is 0.452 e. The molecule has 2 rings (SSSR count). The molecule has 0 aromatic carbocycles. The summed E-state index contributed by atoms with van der Waals surface area (Å²) in [5.74, 6) is -1.77. The molecule has 0 radical (unpaired) electrons. The number of carbonyl (C=O) groups excluding carboxylic acids is 2. The van der Waals surface area contributed by atoms with Gasteiger partial charge in [0.05, 0.1) is 0 Å². The summed E-state index contributed by atoms with van der Waals surface area (Å²) >= 11 is 0. The number of nitrogens with one attached hydrogen (secondary N) is 2. The van der Waals surface area contributed by atoms with Crippen molar-refractivity contribution >= 4 is 17.7 Å². The smallest absolute Gasteiger partial charge is 0.344 e. The minimum atomic E-state index is -0.968. The van der Waals surface area contributed by atoms with E-state index in [1.807, 2.05) is 0 Å².